The lowest BCUT2D eigenvalue weighted by molar-refractivity contribution is -0.289. The smallest absolute Gasteiger partial charge is 0.341 e. The number of hydrogen-bond donors (Lipinski definition) is 8. The summed E-state index contributed by atoms with van der Waals surface area (Å²) in [6.07, 6.45) is -6.29. The average molecular weight is 394 g/mol. The van der Waals surface area contributed by atoms with E-state index in [1.165, 1.54) is 6.92 Å². The van der Waals surface area contributed by atoms with E-state index in [-0.39, 0.29) is 32.5 Å². The van der Waals surface area contributed by atoms with E-state index < -0.39 is 54.4 Å². The molecule has 8 atom stereocenters. The maximum Gasteiger partial charge on any atom is 0.341 e. The van der Waals surface area contributed by atoms with Crippen molar-refractivity contribution in [1.29, 1.82) is 0 Å². The number of carbonyl (C=O) groups is 1. The molecule has 27 heavy (non-hydrogen) atoms. The fourth-order valence-electron chi connectivity index (χ4n) is 3.29. The minimum Gasteiger partial charge on any atom is -0.389 e. The van der Waals surface area contributed by atoms with Crippen LogP contribution < -0.4 is 16.8 Å². The fraction of sp³-hybridized carbons (Fsp3) is 0.933. The summed E-state index contributed by atoms with van der Waals surface area (Å²) >= 11 is 0. The number of nitrogens with two attached hydrogens (primary N) is 2. The summed E-state index contributed by atoms with van der Waals surface area (Å²) in [7, 11) is 0. The van der Waals surface area contributed by atoms with Crippen LogP contribution in [-0.4, -0.2) is 105 Å². The molecule has 0 aromatic heterocycles. The summed E-state index contributed by atoms with van der Waals surface area (Å²) in [5.74, 6) is 0. The first-order valence-electron chi connectivity index (χ1n) is 8.82. The minimum atomic E-state index is -1.47. The molecule has 158 valence electrons. The van der Waals surface area contributed by atoms with Crippen LogP contribution in [0.2, 0.25) is 0 Å². The standard InChI is InChI=1S/C15H30N4O8/c1-15(24)5-9(20)13(26-6-15)27-12-8(4-7(17)10(21)11(12)22)18-14(23)19(25)3-2-16/h7-13,20-22,24-25H,2-6,16-17H2,1H3,(H,18,23). The quantitative estimate of drug-likeness (QED) is 0.170. The van der Waals surface area contributed by atoms with Gasteiger partial charge in [-0.2, -0.15) is 0 Å². The number of hydroxylamine groups is 2. The van der Waals surface area contributed by atoms with E-state index in [9.17, 15) is 30.4 Å². The highest BCUT2D eigenvalue weighted by atomic mass is 16.7. The Bertz CT molecular complexity index is 510. The zero-order chi connectivity index (χ0) is 20.4. The third-order valence-corrected chi connectivity index (χ3v) is 4.74. The third kappa shape index (κ3) is 5.47. The van der Waals surface area contributed by atoms with Gasteiger partial charge in [-0.25, -0.2) is 9.86 Å². The molecule has 1 heterocycles. The average Bonchev–Trinajstić information content (AvgIpc) is 2.57. The molecule has 2 amide bonds. The number of nitrogens with zero attached hydrogens (tertiary/aromatic N) is 1. The van der Waals surface area contributed by atoms with Crippen molar-refractivity contribution in [2.24, 2.45) is 11.5 Å². The van der Waals surface area contributed by atoms with Crippen LogP contribution in [0.3, 0.4) is 0 Å². The molecule has 0 aromatic carbocycles. The van der Waals surface area contributed by atoms with Crippen LogP contribution in [0.4, 0.5) is 4.79 Å². The summed E-state index contributed by atoms with van der Waals surface area (Å²) < 4.78 is 11.0. The lowest BCUT2D eigenvalue weighted by Gasteiger charge is -2.45. The van der Waals surface area contributed by atoms with Crippen molar-refractivity contribution < 1.29 is 39.9 Å². The van der Waals surface area contributed by atoms with E-state index in [2.05, 4.69) is 5.32 Å². The molecule has 10 N–H and O–H groups in total. The molecule has 0 bridgehead atoms. The van der Waals surface area contributed by atoms with E-state index in [1.54, 1.807) is 0 Å². The van der Waals surface area contributed by atoms with Crippen LogP contribution in [-0.2, 0) is 9.47 Å². The van der Waals surface area contributed by atoms with Crippen molar-refractivity contribution >= 4 is 6.03 Å². The SMILES string of the molecule is CC1(O)COC(OC2C(NC(=O)N(O)CCN)CC(N)C(O)C2O)C(O)C1. The molecule has 0 aromatic rings. The molecule has 0 spiro atoms. The molecule has 12 heteroatoms. The number of hydrogen-bond acceptors (Lipinski definition) is 10. The zero-order valence-electron chi connectivity index (χ0n) is 15.1. The van der Waals surface area contributed by atoms with Crippen molar-refractivity contribution in [2.75, 3.05) is 19.7 Å². The Kier molecular flexibility index (Phi) is 7.35. The van der Waals surface area contributed by atoms with Gasteiger partial charge in [-0.05, 0) is 13.3 Å². The van der Waals surface area contributed by atoms with Gasteiger partial charge in [0.1, 0.15) is 18.3 Å². The number of nitrogens with one attached hydrogen (secondary N) is 1. The van der Waals surface area contributed by atoms with Crippen molar-refractivity contribution in [3.63, 3.8) is 0 Å². The van der Waals surface area contributed by atoms with Crippen molar-refractivity contribution in [3.05, 3.63) is 0 Å². The van der Waals surface area contributed by atoms with E-state index in [0.29, 0.717) is 5.06 Å². The number of amides is 2. The van der Waals surface area contributed by atoms with Gasteiger partial charge in [-0.15, -0.1) is 0 Å². The molecule has 2 aliphatic rings. The van der Waals surface area contributed by atoms with Gasteiger partial charge in [0.2, 0.25) is 0 Å². The van der Waals surface area contributed by atoms with E-state index in [1.807, 2.05) is 0 Å². The van der Waals surface area contributed by atoms with Gasteiger partial charge in [-0.3, -0.25) is 5.21 Å². The van der Waals surface area contributed by atoms with Gasteiger partial charge in [0.05, 0.1) is 30.9 Å². The highest BCUT2D eigenvalue weighted by molar-refractivity contribution is 5.73. The first kappa shape index (κ1) is 22.2. The second-order valence-electron chi connectivity index (χ2n) is 7.40. The van der Waals surface area contributed by atoms with Crippen LogP contribution in [0.5, 0.6) is 0 Å². The second kappa shape index (κ2) is 8.94. The summed E-state index contributed by atoms with van der Waals surface area (Å²) in [4.78, 5) is 12.0. The highest BCUT2D eigenvalue weighted by Gasteiger charge is 2.47. The van der Waals surface area contributed by atoms with Gasteiger partial charge in [0.15, 0.2) is 6.29 Å². The predicted octanol–water partition coefficient (Wildman–Crippen LogP) is -3.59. The number of ether oxygens (including phenoxy) is 2. The highest BCUT2D eigenvalue weighted by Crippen LogP contribution is 2.29. The fourth-order valence-corrected chi connectivity index (χ4v) is 3.29. The lowest BCUT2D eigenvalue weighted by atomic mass is 9.84. The molecular formula is C15H30N4O8. The normalized spacial score (nSPS) is 42.6. The molecule has 8 unspecified atom stereocenters. The minimum absolute atomic E-state index is 0.0134. The molecule has 0 radical (unpaired) electrons. The summed E-state index contributed by atoms with van der Waals surface area (Å²) in [6.45, 7) is 1.33. The van der Waals surface area contributed by atoms with Crippen molar-refractivity contribution in [3.8, 4) is 0 Å². The summed E-state index contributed by atoms with van der Waals surface area (Å²) in [6, 6.07) is -2.59. The Morgan fingerprint density at radius 3 is 2.63 bits per heavy atom. The maximum atomic E-state index is 12.0. The molecule has 2 fully saturated rings. The van der Waals surface area contributed by atoms with E-state index >= 15 is 0 Å². The first-order valence-corrected chi connectivity index (χ1v) is 8.82. The van der Waals surface area contributed by atoms with E-state index in [0.717, 1.165) is 0 Å². The van der Waals surface area contributed by atoms with Gasteiger partial charge in [-0.1, -0.05) is 0 Å². The monoisotopic (exact) mass is 394 g/mol. The zero-order valence-corrected chi connectivity index (χ0v) is 15.1. The number of aliphatic hydroxyl groups excluding tert-OH is 3. The predicted molar refractivity (Wildman–Crippen MR) is 90.3 cm³/mol. The Morgan fingerprint density at radius 1 is 1.37 bits per heavy atom. The molecule has 1 saturated carbocycles. The number of rotatable bonds is 5. The van der Waals surface area contributed by atoms with Gasteiger partial charge in [0.25, 0.3) is 0 Å². The Labute approximate surface area is 156 Å². The molecule has 12 nitrogen and oxygen atoms in total. The Morgan fingerprint density at radius 2 is 2.04 bits per heavy atom. The Hall–Kier alpha value is -1.09. The van der Waals surface area contributed by atoms with Crippen LogP contribution in [0.1, 0.15) is 19.8 Å². The molecule has 1 saturated heterocycles. The van der Waals surface area contributed by atoms with Crippen LogP contribution >= 0.6 is 0 Å². The van der Waals surface area contributed by atoms with Crippen LogP contribution in [0.15, 0.2) is 0 Å². The second-order valence-corrected chi connectivity index (χ2v) is 7.40. The van der Waals surface area contributed by atoms with Crippen molar-refractivity contribution in [2.45, 2.75) is 68.2 Å². The van der Waals surface area contributed by atoms with Crippen LogP contribution in [0.25, 0.3) is 0 Å². The number of urea groups is 1. The topological polar surface area (TPSA) is 204 Å². The first-order chi connectivity index (χ1) is 12.6. The largest absolute Gasteiger partial charge is 0.389 e. The van der Waals surface area contributed by atoms with Gasteiger partial charge in [0, 0.05) is 19.0 Å². The van der Waals surface area contributed by atoms with E-state index in [4.69, 9.17) is 20.9 Å². The summed E-state index contributed by atoms with van der Waals surface area (Å²) in [5, 5.41) is 52.9. The molecule has 1 aliphatic carbocycles. The van der Waals surface area contributed by atoms with Gasteiger partial charge < -0.3 is 46.7 Å². The van der Waals surface area contributed by atoms with Crippen LogP contribution in [0, 0.1) is 0 Å². The molecular weight excluding hydrogens is 364 g/mol. The Balaban J connectivity index is 2.09. The van der Waals surface area contributed by atoms with Gasteiger partial charge >= 0.3 is 6.03 Å². The molecule has 2 rings (SSSR count). The molecule has 1 aliphatic heterocycles. The third-order valence-electron chi connectivity index (χ3n) is 4.74. The van der Waals surface area contributed by atoms with Crippen molar-refractivity contribution in [1.82, 2.24) is 10.4 Å². The number of aliphatic hydroxyl groups is 4. The maximum absolute atomic E-state index is 12.0. The summed E-state index contributed by atoms with van der Waals surface area (Å²) in [5.41, 5.74) is 9.87. The number of carbonyl (C=O) groups excluding carboxylic acids is 1. The lowest BCUT2D eigenvalue weighted by Crippen LogP contribution is -2.66.